The smallest absolute Gasteiger partial charge is 0.250 e. The standard InChI is InChI=1S/C32H30FN5O2/c1-19(18-39)6-5-15-35-26-17-21(12-13-22(26)31(34)40)38-28-9-3-2-7-23(28)30-24(8-4-10-29(30)38)32-36-25-14-11-20(33)16-27(25)37-32/h2-4,7-14,16-17,19,35,39H,5-6,15,18H2,1H3,(H2,34,40)(H,36,37). The van der Waals surface area contributed by atoms with Crippen LogP contribution in [0.15, 0.2) is 78.9 Å². The number of imidazole rings is 1. The van der Waals surface area contributed by atoms with Crippen LogP contribution in [0.4, 0.5) is 10.1 Å². The summed E-state index contributed by atoms with van der Waals surface area (Å²) in [6.07, 6.45) is 1.73. The summed E-state index contributed by atoms with van der Waals surface area (Å²) in [5.41, 5.74) is 11.9. The van der Waals surface area contributed by atoms with Crippen molar-refractivity contribution in [3.8, 4) is 17.1 Å². The fourth-order valence-corrected chi connectivity index (χ4v) is 5.40. The van der Waals surface area contributed by atoms with Gasteiger partial charge in [-0.1, -0.05) is 37.3 Å². The van der Waals surface area contributed by atoms with E-state index in [0.717, 1.165) is 45.9 Å². The molecule has 0 aliphatic carbocycles. The minimum atomic E-state index is -0.497. The first-order valence-electron chi connectivity index (χ1n) is 13.4. The first-order chi connectivity index (χ1) is 19.4. The fraction of sp³-hybridized carbons (Fsp3) is 0.188. The molecular formula is C32H30FN5O2. The number of H-pyrrole nitrogens is 1. The number of aliphatic hydroxyl groups is 1. The number of aromatic amines is 1. The van der Waals surface area contributed by atoms with Crippen molar-refractivity contribution >= 4 is 44.4 Å². The van der Waals surface area contributed by atoms with Gasteiger partial charge in [-0.2, -0.15) is 0 Å². The Morgan fingerprint density at radius 1 is 1.07 bits per heavy atom. The predicted molar refractivity (Wildman–Crippen MR) is 158 cm³/mol. The minimum Gasteiger partial charge on any atom is -0.396 e. The predicted octanol–water partition coefficient (Wildman–Crippen LogP) is 6.39. The number of hydrogen-bond donors (Lipinski definition) is 4. The Labute approximate surface area is 230 Å². The number of nitrogens with zero attached hydrogens (tertiary/aromatic N) is 2. The summed E-state index contributed by atoms with van der Waals surface area (Å²) in [6.45, 7) is 2.82. The third kappa shape index (κ3) is 4.56. The van der Waals surface area contributed by atoms with E-state index in [1.54, 1.807) is 12.1 Å². The first-order valence-corrected chi connectivity index (χ1v) is 13.4. The van der Waals surface area contributed by atoms with Gasteiger partial charge in [0.05, 0.1) is 27.6 Å². The normalized spacial score (nSPS) is 12.4. The molecule has 0 saturated heterocycles. The quantitative estimate of drug-likeness (QED) is 0.161. The molecule has 0 bridgehead atoms. The van der Waals surface area contributed by atoms with Crippen LogP contribution in [0, 0.1) is 11.7 Å². The van der Waals surface area contributed by atoms with E-state index in [1.807, 2.05) is 43.3 Å². The molecule has 40 heavy (non-hydrogen) atoms. The van der Waals surface area contributed by atoms with Crippen molar-refractivity contribution in [2.24, 2.45) is 11.7 Å². The molecule has 0 fully saturated rings. The topological polar surface area (TPSA) is 109 Å². The maximum atomic E-state index is 13.9. The van der Waals surface area contributed by atoms with Crippen molar-refractivity contribution in [3.05, 3.63) is 90.2 Å². The lowest BCUT2D eigenvalue weighted by Gasteiger charge is -2.15. The molecule has 2 aromatic heterocycles. The minimum absolute atomic E-state index is 0.155. The largest absolute Gasteiger partial charge is 0.396 e. The molecule has 0 aliphatic heterocycles. The number of para-hydroxylation sites is 1. The fourth-order valence-electron chi connectivity index (χ4n) is 5.40. The number of carbonyl (C=O) groups excluding carboxylic acids is 1. The molecule has 7 nitrogen and oxygen atoms in total. The monoisotopic (exact) mass is 535 g/mol. The summed E-state index contributed by atoms with van der Waals surface area (Å²) >= 11 is 0. The number of hydrogen-bond acceptors (Lipinski definition) is 4. The molecule has 2 heterocycles. The zero-order valence-electron chi connectivity index (χ0n) is 22.1. The molecule has 4 aromatic carbocycles. The Hall–Kier alpha value is -4.69. The number of halogens is 1. The van der Waals surface area contributed by atoms with E-state index in [4.69, 9.17) is 10.7 Å². The van der Waals surface area contributed by atoms with E-state index in [1.165, 1.54) is 12.1 Å². The molecule has 6 rings (SSSR count). The van der Waals surface area contributed by atoms with Gasteiger partial charge in [0.1, 0.15) is 11.6 Å². The Morgan fingerprint density at radius 2 is 1.90 bits per heavy atom. The van der Waals surface area contributed by atoms with Crippen molar-refractivity contribution in [1.29, 1.82) is 0 Å². The van der Waals surface area contributed by atoms with Crippen LogP contribution in [0.2, 0.25) is 0 Å². The average molecular weight is 536 g/mol. The molecule has 0 aliphatic rings. The van der Waals surface area contributed by atoms with E-state index in [-0.39, 0.29) is 18.3 Å². The van der Waals surface area contributed by atoms with Crippen LogP contribution in [0.25, 0.3) is 49.9 Å². The first kappa shape index (κ1) is 25.6. The highest BCUT2D eigenvalue weighted by Gasteiger charge is 2.19. The number of rotatable bonds is 9. The maximum absolute atomic E-state index is 13.9. The third-order valence-electron chi connectivity index (χ3n) is 7.42. The molecule has 0 spiro atoms. The van der Waals surface area contributed by atoms with Gasteiger partial charge in [0, 0.05) is 40.9 Å². The molecule has 202 valence electrons. The highest BCUT2D eigenvalue weighted by Crippen LogP contribution is 2.38. The number of aliphatic hydroxyl groups excluding tert-OH is 1. The van der Waals surface area contributed by atoms with E-state index >= 15 is 0 Å². The average Bonchev–Trinajstić information content (AvgIpc) is 3.53. The van der Waals surface area contributed by atoms with Gasteiger partial charge in [-0.15, -0.1) is 0 Å². The molecular weight excluding hydrogens is 505 g/mol. The molecule has 5 N–H and O–H groups in total. The van der Waals surface area contributed by atoms with Gasteiger partial charge >= 0.3 is 0 Å². The Kier molecular flexibility index (Phi) is 6.69. The van der Waals surface area contributed by atoms with Gasteiger partial charge in [-0.05, 0) is 67.3 Å². The van der Waals surface area contributed by atoms with E-state index in [0.29, 0.717) is 34.7 Å². The Balaban J connectivity index is 1.49. The Morgan fingerprint density at radius 3 is 2.73 bits per heavy atom. The number of nitrogens with two attached hydrogens (primary N) is 1. The van der Waals surface area contributed by atoms with Crippen molar-refractivity contribution in [2.75, 3.05) is 18.5 Å². The second kappa shape index (κ2) is 10.5. The van der Waals surface area contributed by atoms with Gasteiger partial charge in [0.2, 0.25) is 0 Å². The van der Waals surface area contributed by atoms with Crippen LogP contribution in [0.5, 0.6) is 0 Å². The summed E-state index contributed by atoms with van der Waals surface area (Å²) in [7, 11) is 0. The summed E-state index contributed by atoms with van der Waals surface area (Å²) in [4.78, 5) is 20.3. The second-order valence-corrected chi connectivity index (χ2v) is 10.3. The van der Waals surface area contributed by atoms with Crippen LogP contribution in [0.3, 0.4) is 0 Å². The number of carbonyl (C=O) groups is 1. The van der Waals surface area contributed by atoms with Gasteiger partial charge in [0.25, 0.3) is 5.91 Å². The lowest BCUT2D eigenvalue weighted by atomic mass is 10.1. The van der Waals surface area contributed by atoms with Crippen molar-refractivity contribution in [3.63, 3.8) is 0 Å². The maximum Gasteiger partial charge on any atom is 0.250 e. The number of aromatic nitrogens is 3. The van der Waals surface area contributed by atoms with Crippen molar-refractivity contribution in [1.82, 2.24) is 14.5 Å². The van der Waals surface area contributed by atoms with Crippen LogP contribution in [-0.4, -0.2) is 38.7 Å². The lowest BCUT2D eigenvalue weighted by molar-refractivity contribution is 0.100. The molecule has 8 heteroatoms. The highest BCUT2D eigenvalue weighted by molar-refractivity contribution is 6.15. The molecule has 1 atom stereocenters. The van der Waals surface area contributed by atoms with Gasteiger partial charge in [-0.25, -0.2) is 9.37 Å². The van der Waals surface area contributed by atoms with Gasteiger partial charge in [0.15, 0.2) is 0 Å². The molecule has 0 radical (unpaired) electrons. The molecule has 1 unspecified atom stereocenters. The molecule has 1 amide bonds. The lowest BCUT2D eigenvalue weighted by Crippen LogP contribution is -2.16. The van der Waals surface area contributed by atoms with Crippen LogP contribution in [0.1, 0.15) is 30.1 Å². The van der Waals surface area contributed by atoms with E-state index in [9.17, 15) is 14.3 Å². The number of primary amides is 1. The van der Waals surface area contributed by atoms with Crippen LogP contribution in [-0.2, 0) is 0 Å². The number of anilines is 1. The van der Waals surface area contributed by atoms with Crippen LogP contribution < -0.4 is 11.1 Å². The number of amides is 1. The summed E-state index contributed by atoms with van der Waals surface area (Å²) < 4.78 is 16.0. The molecule has 0 saturated carbocycles. The zero-order chi connectivity index (χ0) is 27.8. The number of nitrogens with one attached hydrogen (secondary N) is 2. The molecule has 6 aromatic rings. The van der Waals surface area contributed by atoms with Gasteiger partial charge in [-0.3, -0.25) is 4.79 Å². The SMILES string of the molecule is CC(CO)CCCNc1cc(-n2c3ccccc3c3c(-c4nc5ccc(F)cc5[nH]4)cccc32)ccc1C(N)=O. The summed E-state index contributed by atoms with van der Waals surface area (Å²) in [5, 5.41) is 14.8. The zero-order valence-corrected chi connectivity index (χ0v) is 22.1. The Bertz CT molecular complexity index is 1870. The summed E-state index contributed by atoms with van der Waals surface area (Å²) in [5.74, 6) is 0.0758. The van der Waals surface area contributed by atoms with E-state index < -0.39 is 5.91 Å². The highest BCUT2D eigenvalue weighted by atomic mass is 19.1. The van der Waals surface area contributed by atoms with Crippen LogP contribution >= 0.6 is 0 Å². The number of benzene rings is 4. The second-order valence-electron chi connectivity index (χ2n) is 10.3. The number of fused-ring (bicyclic) bond motifs is 4. The van der Waals surface area contributed by atoms with Gasteiger partial charge < -0.3 is 25.7 Å². The summed E-state index contributed by atoms with van der Waals surface area (Å²) in [6, 6.07) is 24.4. The van der Waals surface area contributed by atoms with Crippen molar-refractivity contribution < 1.29 is 14.3 Å². The van der Waals surface area contributed by atoms with E-state index in [2.05, 4.69) is 33.1 Å². The van der Waals surface area contributed by atoms with Crippen molar-refractivity contribution in [2.45, 2.75) is 19.8 Å². The third-order valence-corrected chi connectivity index (χ3v) is 7.42.